The zero-order valence-corrected chi connectivity index (χ0v) is 13.3. The van der Waals surface area contributed by atoms with Gasteiger partial charge in [0.05, 0.1) is 11.6 Å². The summed E-state index contributed by atoms with van der Waals surface area (Å²) in [5.41, 5.74) is 1.53. The fourth-order valence-electron chi connectivity index (χ4n) is 1.67. The van der Waals surface area contributed by atoms with Gasteiger partial charge in [-0.05, 0) is 52.3 Å². The van der Waals surface area contributed by atoms with Crippen molar-refractivity contribution in [3.8, 4) is 17.3 Å². The van der Waals surface area contributed by atoms with Crippen LogP contribution in [0.25, 0.3) is 11.3 Å². The van der Waals surface area contributed by atoms with Gasteiger partial charge in [-0.1, -0.05) is 12.1 Å². The Kier molecular flexibility index (Phi) is 5.89. The van der Waals surface area contributed by atoms with Crippen LogP contribution in [0.1, 0.15) is 5.56 Å². The molecule has 0 aliphatic heterocycles. The number of nitriles is 1. The number of benzene rings is 1. The van der Waals surface area contributed by atoms with E-state index in [2.05, 4.69) is 25.9 Å². The number of hydrogen-bond acceptors (Lipinski definition) is 3. The van der Waals surface area contributed by atoms with E-state index < -0.39 is 0 Å². The standard InChI is InChI=1S/C12H7FN2.C5H3BrFN/c13-11-2-1-7-15-12(11)10-5-3-9(8-14)4-6-10;6-5-4(7)2-1-3-8-5/h1-7H;1-3H. The van der Waals surface area contributed by atoms with E-state index >= 15 is 0 Å². The molecule has 0 N–H and O–H groups in total. The second-order valence-electron chi connectivity index (χ2n) is 4.30. The molecule has 23 heavy (non-hydrogen) atoms. The molecule has 0 radical (unpaired) electrons. The van der Waals surface area contributed by atoms with Gasteiger partial charge in [-0.3, -0.25) is 4.98 Å². The van der Waals surface area contributed by atoms with Crippen molar-refractivity contribution in [2.24, 2.45) is 0 Å². The van der Waals surface area contributed by atoms with Crippen LogP contribution < -0.4 is 0 Å². The Balaban J connectivity index is 0.000000203. The van der Waals surface area contributed by atoms with Crippen LogP contribution in [-0.2, 0) is 0 Å². The van der Waals surface area contributed by atoms with E-state index in [-0.39, 0.29) is 16.2 Å². The molecule has 0 fully saturated rings. The maximum atomic E-state index is 13.3. The Hall–Kier alpha value is -2.65. The molecule has 3 nitrogen and oxygen atoms in total. The lowest BCUT2D eigenvalue weighted by atomic mass is 10.1. The van der Waals surface area contributed by atoms with Gasteiger partial charge in [0.1, 0.15) is 16.1 Å². The molecule has 0 aliphatic rings. The molecule has 2 aromatic heterocycles. The van der Waals surface area contributed by atoms with Crippen LogP contribution in [0.2, 0.25) is 0 Å². The van der Waals surface area contributed by atoms with Crippen LogP contribution in [0.15, 0.2) is 65.5 Å². The van der Waals surface area contributed by atoms with Gasteiger partial charge >= 0.3 is 0 Å². The van der Waals surface area contributed by atoms with Gasteiger partial charge in [-0.25, -0.2) is 13.8 Å². The molecule has 0 aliphatic carbocycles. The minimum Gasteiger partial charge on any atom is -0.253 e. The molecule has 3 rings (SSSR count). The van der Waals surface area contributed by atoms with Gasteiger partial charge < -0.3 is 0 Å². The van der Waals surface area contributed by atoms with E-state index in [1.807, 2.05) is 6.07 Å². The summed E-state index contributed by atoms with van der Waals surface area (Å²) in [4.78, 5) is 7.57. The zero-order chi connectivity index (χ0) is 16.7. The normalized spacial score (nSPS) is 9.48. The van der Waals surface area contributed by atoms with Crippen LogP contribution in [0, 0.1) is 23.0 Å². The Morgan fingerprint density at radius 2 is 1.48 bits per heavy atom. The van der Waals surface area contributed by atoms with Crippen molar-refractivity contribution in [1.29, 1.82) is 5.26 Å². The van der Waals surface area contributed by atoms with Crippen LogP contribution in [0.4, 0.5) is 8.78 Å². The number of halogens is 3. The average molecular weight is 374 g/mol. The summed E-state index contributed by atoms with van der Waals surface area (Å²) in [6.07, 6.45) is 3.06. The second kappa shape index (κ2) is 8.11. The Bertz CT molecular complexity index is 809. The molecule has 0 saturated heterocycles. The lowest BCUT2D eigenvalue weighted by Gasteiger charge is -2.01. The lowest BCUT2D eigenvalue weighted by Crippen LogP contribution is -1.87. The molecular formula is C17H10BrF2N3. The topological polar surface area (TPSA) is 49.6 Å². The zero-order valence-electron chi connectivity index (χ0n) is 11.7. The molecule has 114 valence electrons. The average Bonchev–Trinajstić information content (AvgIpc) is 2.59. The van der Waals surface area contributed by atoms with Crippen molar-refractivity contribution in [1.82, 2.24) is 9.97 Å². The third-order valence-corrected chi connectivity index (χ3v) is 3.34. The van der Waals surface area contributed by atoms with Crippen molar-refractivity contribution >= 4 is 15.9 Å². The first-order valence-electron chi connectivity index (χ1n) is 6.49. The summed E-state index contributed by atoms with van der Waals surface area (Å²) >= 11 is 2.91. The van der Waals surface area contributed by atoms with E-state index in [0.29, 0.717) is 16.8 Å². The highest BCUT2D eigenvalue weighted by atomic mass is 79.9. The molecule has 0 amide bonds. The number of hydrogen-bond donors (Lipinski definition) is 0. The SMILES string of the molecule is Fc1cccnc1Br.N#Cc1ccc(-c2ncccc2F)cc1. The maximum absolute atomic E-state index is 13.3. The van der Waals surface area contributed by atoms with E-state index in [0.717, 1.165) is 0 Å². The molecule has 0 unspecified atom stereocenters. The monoisotopic (exact) mass is 373 g/mol. The van der Waals surface area contributed by atoms with E-state index in [1.54, 1.807) is 36.4 Å². The van der Waals surface area contributed by atoms with Crippen molar-refractivity contribution in [2.45, 2.75) is 0 Å². The van der Waals surface area contributed by atoms with Gasteiger partial charge in [0.25, 0.3) is 0 Å². The first kappa shape index (κ1) is 16.7. The van der Waals surface area contributed by atoms with E-state index in [4.69, 9.17) is 5.26 Å². The third-order valence-electron chi connectivity index (χ3n) is 2.76. The van der Waals surface area contributed by atoms with Crippen molar-refractivity contribution in [2.75, 3.05) is 0 Å². The third kappa shape index (κ3) is 4.66. The van der Waals surface area contributed by atoms with Crippen molar-refractivity contribution < 1.29 is 8.78 Å². The summed E-state index contributed by atoms with van der Waals surface area (Å²) in [7, 11) is 0. The largest absolute Gasteiger partial charge is 0.253 e. The maximum Gasteiger partial charge on any atom is 0.155 e. The second-order valence-corrected chi connectivity index (χ2v) is 5.05. The highest BCUT2D eigenvalue weighted by Gasteiger charge is 2.04. The number of nitrogens with zero attached hydrogens (tertiary/aromatic N) is 3. The van der Waals surface area contributed by atoms with Gasteiger partial charge in [0.15, 0.2) is 5.82 Å². The lowest BCUT2D eigenvalue weighted by molar-refractivity contribution is 0.613. The quantitative estimate of drug-likeness (QED) is 0.578. The number of rotatable bonds is 1. The molecule has 0 spiro atoms. The fraction of sp³-hybridized carbons (Fsp3) is 0. The summed E-state index contributed by atoms with van der Waals surface area (Å²) in [5, 5.41) is 8.61. The Morgan fingerprint density at radius 3 is 1.96 bits per heavy atom. The van der Waals surface area contributed by atoms with E-state index in [1.165, 1.54) is 24.5 Å². The molecular weight excluding hydrogens is 364 g/mol. The predicted octanol–water partition coefficient (Wildman–Crippen LogP) is 4.74. The number of aromatic nitrogens is 2. The summed E-state index contributed by atoms with van der Waals surface area (Å²) in [5.74, 6) is -0.685. The minimum absolute atomic E-state index is 0.264. The van der Waals surface area contributed by atoms with E-state index in [9.17, 15) is 8.78 Å². The minimum atomic E-state index is -0.359. The van der Waals surface area contributed by atoms with Crippen LogP contribution in [0.5, 0.6) is 0 Å². The molecule has 1 aromatic carbocycles. The highest BCUT2D eigenvalue weighted by Crippen LogP contribution is 2.19. The summed E-state index contributed by atoms with van der Waals surface area (Å²) in [6.45, 7) is 0. The summed E-state index contributed by atoms with van der Waals surface area (Å²) in [6, 6.07) is 14.5. The molecule has 6 heteroatoms. The van der Waals surface area contributed by atoms with Gasteiger partial charge in [0.2, 0.25) is 0 Å². The smallest absolute Gasteiger partial charge is 0.155 e. The number of pyridine rings is 2. The highest BCUT2D eigenvalue weighted by molar-refractivity contribution is 9.10. The van der Waals surface area contributed by atoms with Crippen LogP contribution in [-0.4, -0.2) is 9.97 Å². The summed E-state index contributed by atoms with van der Waals surface area (Å²) < 4.78 is 25.8. The first-order valence-corrected chi connectivity index (χ1v) is 7.28. The Morgan fingerprint density at radius 1 is 0.870 bits per heavy atom. The predicted molar refractivity (Wildman–Crippen MR) is 86.2 cm³/mol. The van der Waals surface area contributed by atoms with Gasteiger partial charge in [-0.2, -0.15) is 5.26 Å². The molecule has 2 heterocycles. The first-order chi connectivity index (χ1) is 11.1. The van der Waals surface area contributed by atoms with Crippen molar-refractivity contribution in [3.05, 3.63) is 82.7 Å². The van der Waals surface area contributed by atoms with Crippen molar-refractivity contribution in [3.63, 3.8) is 0 Å². The van der Waals surface area contributed by atoms with Gasteiger partial charge in [-0.15, -0.1) is 0 Å². The molecule has 3 aromatic rings. The Labute approximate surface area is 140 Å². The molecule has 0 saturated carbocycles. The molecule has 0 atom stereocenters. The van der Waals surface area contributed by atoms with Crippen LogP contribution in [0.3, 0.4) is 0 Å². The fourth-order valence-corrected chi connectivity index (χ4v) is 1.92. The van der Waals surface area contributed by atoms with Crippen LogP contribution >= 0.6 is 15.9 Å². The molecule has 0 bridgehead atoms. The van der Waals surface area contributed by atoms with Gasteiger partial charge in [0, 0.05) is 18.0 Å².